The zero-order valence-corrected chi connectivity index (χ0v) is 13.9. The zero-order valence-electron chi connectivity index (χ0n) is 13.1. The predicted molar refractivity (Wildman–Crippen MR) is 93.6 cm³/mol. The van der Waals surface area contributed by atoms with Crippen molar-refractivity contribution in [3.05, 3.63) is 65.7 Å². The number of rotatable bonds is 8. The summed E-state index contributed by atoms with van der Waals surface area (Å²) in [5, 5.41) is 12.9. The second-order valence-electron chi connectivity index (χ2n) is 5.03. The average molecular weight is 331 g/mol. The van der Waals surface area contributed by atoms with Crippen LogP contribution >= 0.6 is 11.8 Å². The summed E-state index contributed by atoms with van der Waals surface area (Å²) in [7, 11) is 1.61. The fourth-order valence-electron chi connectivity index (χ4n) is 2.13. The molecular formula is C18H21NO3S. The average Bonchev–Trinajstić information content (AvgIpc) is 2.60. The lowest BCUT2D eigenvalue weighted by atomic mass is 10.1. The smallest absolute Gasteiger partial charge is 0.230 e. The molecule has 2 aromatic carbocycles. The molecule has 0 spiro atoms. The van der Waals surface area contributed by atoms with Gasteiger partial charge in [0.25, 0.3) is 0 Å². The van der Waals surface area contributed by atoms with Gasteiger partial charge >= 0.3 is 0 Å². The van der Waals surface area contributed by atoms with Crippen molar-refractivity contribution in [1.29, 1.82) is 0 Å². The summed E-state index contributed by atoms with van der Waals surface area (Å²) in [5.74, 6) is 1.52. The molecule has 0 saturated carbocycles. The van der Waals surface area contributed by atoms with Crippen LogP contribution in [0.4, 0.5) is 0 Å². The molecule has 0 aliphatic carbocycles. The highest BCUT2D eigenvalue weighted by atomic mass is 32.2. The lowest BCUT2D eigenvalue weighted by molar-refractivity contribution is -0.118. The van der Waals surface area contributed by atoms with E-state index in [0.717, 1.165) is 16.9 Å². The van der Waals surface area contributed by atoms with Crippen LogP contribution in [0.2, 0.25) is 0 Å². The van der Waals surface area contributed by atoms with Gasteiger partial charge in [0.1, 0.15) is 5.75 Å². The summed E-state index contributed by atoms with van der Waals surface area (Å²) in [5.41, 5.74) is 1.81. The number of ether oxygens (including phenoxy) is 1. The number of thioether (sulfide) groups is 1. The number of carbonyl (C=O) groups excluding carboxylic acids is 1. The summed E-state index contributed by atoms with van der Waals surface area (Å²) in [4.78, 5) is 11.9. The Hall–Kier alpha value is -1.98. The molecule has 1 amide bonds. The van der Waals surface area contributed by atoms with Crippen molar-refractivity contribution in [2.24, 2.45) is 0 Å². The topological polar surface area (TPSA) is 58.6 Å². The lowest BCUT2D eigenvalue weighted by Gasteiger charge is -2.11. The van der Waals surface area contributed by atoms with Crippen molar-refractivity contribution >= 4 is 17.7 Å². The molecule has 0 bridgehead atoms. The van der Waals surface area contributed by atoms with Gasteiger partial charge in [0.2, 0.25) is 5.91 Å². The minimum absolute atomic E-state index is 0.0545. The van der Waals surface area contributed by atoms with Crippen LogP contribution in [0.3, 0.4) is 0 Å². The van der Waals surface area contributed by atoms with Crippen molar-refractivity contribution in [2.75, 3.05) is 18.6 Å². The minimum atomic E-state index is -0.553. The van der Waals surface area contributed by atoms with Gasteiger partial charge in [0.15, 0.2) is 0 Å². The lowest BCUT2D eigenvalue weighted by Crippen LogP contribution is -2.25. The summed E-state index contributed by atoms with van der Waals surface area (Å²) < 4.78 is 5.25. The standard InChI is InChI=1S/C18H21NO3S/c1-22-17-10-6-5-9-15(17)11-19-18(21)13-23-12-16(20)14-7-3-2-4-8-14/h2-10,16,20H,11-13H2,1H3,(H,19,21). The molecule has 0 heterocycles. The van der Waals surface area contributed by atoms with Gasteiger partial charge in [-0.2, -0.15) is 0 Å². The molecule has 4 nitrogen and oxygen atoms in total. The molecule has 0 saturated heterocycles. The predicted octanol–water partition coefficient (Wildman–Crippen LogP) is 2.78. The second-order valence-corrected chi connectivity index (χ2v) is 6.06. The number of methoxy groups -OCH3 is 1. The highest BCUT2D eigenvalue weighted by Crippen LogP contribution is 2.18. The number of carbonyl (C=O) groups is 1. The Balaban J connectivity index is 1.71. The van der Waals surface area contributed by atoms with Crippen molar-refractivity contribution in [2.45, 2.75) is 12.6 Å². The molecular weight excluding hydrogens is 310 g/mol. The van der Waals surface area contributed by atoms with Crippen molar-refractivity contribution in [3.8, 4) is 5.75 Å². The van der Waals surface area contributed by atoms with E-state index in [0.29, 0.717) is 18.1 Å². The summed E-state index contributed by atoms with van der Waals surface area (Å²) in [6.07, 6.45) is -0.553. The quantitative estimate of drug-likeness (QED) is 0.781. The monoisotopic (exact) mass is 331 g/mol. The SMILES string of the molecule is COc1ccccc1CNC(=O)CSCC(O)c1ccccc1. The van der Waals surface area contributed by atoms with Crippen LogP contribution in [0.15, 0.2) is 54.6 Å². The maximum Gasteiger partial charge on any atom is 0.230 e. The van der Waals surface area contributed by atoms with E-state index in [2.05, 4.69) is 5.32 Å². The molecule has 0 aliphatic heterocycles. The van der Waals surface area contributed by atoms with Crippen LogP contribution in [0.25, 0.3) is 0 Å². The van der Waals surface area contributed by atoms with Gasteiger partial charge in [-0.3, -0.25) is 4.79 Å². The first kappa shape index (κ1) is 17.4. The van der Waals surface area contributed by atoms with E-state index >= 15 is 0 Å². The number of aliphatic hydroxyl groups is 1. The van der Waals surface area contributed by atoms with Gasteiger partial charge in [0.05, 0.1) is 19.0 Å². The molecule has 2 aromatic rings. The maximum atomic E-state index is 11.9. The third-order valence-electron chi connectivity index (χ3n) is 3.36. The number of aliphatic hydroxyl groups excluding tert-OH is 1. The van der Waals surface area contributed by atoms with Gasteiger partial charge in [0, 0.05) is 17.9 Å². The van der Waals surface area contributed by atoms with Crippen LogP contribution in [0, 0.1) is 0 Å². The van der Waals surface area contributed by atoms with Gasteiger partial charge in [-0.25, -0.2) is 0 Å². The fraction of sp³-hybridized carbons (Fsp3) is 0.278. The molecule has 1 atom stereocenters. The number of para-hydroxylation sites is 1. The fourth-order valence-corrected chi connectivity index (χ4v) is 2.95. The van der Waals surface area contributed by atoms with Crippen molar-refractivity contribution in [1.82, 2.24) is 5.32 Å². The highest BCUT2D eigenvalue weighted by molar-refractivity contribution is 7.99. The molecule has 0 aliphatic rings. The molecule has 1 unspecified atom stereocenters. The van der Waals surface area contributed by atoms with E-state index in [9.17, 15) is 9.90 Å². The number of amides is 1. The Bertz CT molecular complexity index is 619. The Morgan fingerprint density at radius 2 is 1.87 bits per heavy atom. The second kappa shape index (κ2) is 9.22. The van der Waals surface area contributed by atoms with Crippen LogP contribution in [0.1, 0.15) is 17.2 Å². The van der Waals surface area contributed by atoms with Gasteiger partial charge in [-0.1, -0.05) is 48.5 Å². The molecule has 0 aromatic heterocycles. The zero-order chi connectivity index (χ0) is 16.5. The number of hydrogen-bond acceptors (Lipinski definition) is 4. The summed E-state index contributed by atoms with van der Waals surface area (Å²) in [6.45, 7) is 0.435. The first-order valence-corrected chi connectivity index (χ1v) is 8.55. The summed E-state index contributed by atoms with van der Waals surface area (Å²) >= 11 is 1.42. The van der Waals surface area contributed by atoms with Crippen LogP contribution in [-0.4, -0.2) is 29.6 Å². The molecule has 0 radical (unpaired) electrons. The molecule has 122 valence electrons. The van der Waals surface area contributed by atoms with E-state index in [4.69, 9.17) is 4.74 Å². The third kappa shape index (κ3) is 5.62. The Kier molecular flexibility index (Phi) is 6.97. The van der Waals surface area contributed by atoms with Crippen molar-refractivity contribution < 1.29 is 14.6 Å². The molecule has 2 N–H and O–H groups in total. The normalized spacial score (nSPS) is 11.7. The van der Waals surface area contributed by atoms with Crippen LogP contribution < -0.4 is 10.1 Å². The van der Waals surface area contributed by atoms with E-state index in [1.54, 1.807) is 7.11 Å². The Morgan fingerprint density at radius 3 is 2.61 bits per heavy atom. The van der Waals surface area contributed by atoms with E-state index < -0.39 is 6.10 Å². The third-order valence-corrected chi connectivity index (χ3v) is 4.38. The molecule has 5 heteroatoms. The Labute approximate surface area is 140 Å². The van der Waals surface area contributed by atoms with Crippen LogP contribution in [-0.2, 0) is 11.3 Å². The van der Waals surface area contributed by atoms with Gasteiger partial charge < -0.3 is 15.2 Å². The maximum absolute atomic E-state index is 11.9. The molecule has 0 fully saturated rings. The van der Waals surface area contributed by atoms with E-state index in [-0.39, 0.29) is 5.91 Å². The Morgan fingerprint density at radius 1 is 1.17 bits per heavy atom. The number of benzene rings is 2. The van der Waals surface area contributed by atoms with Crippen LogP contribution in [0.5, 0.6) is 5.75 Å². The molecule has 23 heavy (non-hydrogen) atoms. The molecule has 2 rings (SSSR count). The first-order valence-electron chi connectivity index (χ1n) is 7.40. The highest BCUT2D eigenvalue weighted by Gasteiger charge is 2.09. The number of hydrogen-bond donors (Lipinski definition) is 2. The van der Waals surface area contributed by atoms with E-state index in [1.807, 2.05) is 54.6 Å². The largest absolute Gasteiger partial charge is 0.496 e. The minimum Gasteiger partial charge on any atom is -0.496 e. The first-order chi connectivity index (χ1) is 11.2. The summed E-state index contributed by atoms with van der Waals surface area (Å²) in [6, 6.07) is 17.1. The van der Waals surface area contributed by atoms with E-state index in [1.165, 1.54) is 11.8 Å². The van der Waals surface area contributed by atoms with Gasteiger partial charge in [-0.15, -0.1) is 11.8 Å². The van der Waals surface area contributed by atoms with Crippen molar-refractivity contribution in [3.63, 3.8) is 0 Å². The number of nitrogens with one attached hydrogen (secondary N) is 1. The van der Waals surface area contributed by atoms with Gasteiger partial charge in [-0.05, 0) is 11.6 Å².